The summed E-state index contributed by atoms with van der Waals surface area (Å²) in [6, 6.07) is 6.86. The van der Waals surface area contributed by atoms with Gasteiger partial charge in [-0.15, -0.1) is 0 Å². The van der Waals surface area contributed by atoms with E-state index in [9.17, 15) is 13.2 Å². The molecule has 148 valence electrons. The fraction of sp³-hybridized carbons (Fsp3) is 0.632. The summed E-state index contributed by atoms with van der Waals surface area (Å²) in [5, 5.41) is 0. The number of rotatable bonds is 10. The molecule has 0 fully saturated rings. The summed E-state index contributed by atoms with van der Waals surface area (Å²) in [5.41, 5.74) is 0. The van der Waals surface area contributed by atoms with Gasteiger partial charge in [0.2, 0.25) is 5.91 Å². The van der Waals surface area contributed by atoms with E-state index in [1.807, 2.05) is 44.5 Å². The summed E-state index contributed by atoms with van der Waals surface area (Å²) in [6.45, 7) is 9.66. The van der Waals surface area contributed by atoms with Gasteiger partial charge >= 0.3 is 0 Å². The molecule has 6 nitrogen and oxygen atoms in total. The minimum absolute atomic E-state index is 0.124. The van der Waals surface area contributed by atoms with E-state index in [4.69, 9.17) is 4.74 Å². The van der Waals surface area contributed by atoms with E-state index in [1.165, 1.54) is 12.3 Å². The lowest BCUT2D eigenvalue weighted by molar-refractivity contribution is -0.135. The maximum atomic E-state index is 12.4. The van der Waals surface area contributed by atoms with Crippen LogP contribution in [0.25, 0.3) is 0 Å². The number of likely N-dealkylation sites (N-methyl/N-ethyl adjacent to an activating group) is 1. The molecule has 0 saturated carbocycles. The van der Waals surface area contributed by atoms with Gasteiger partial charge in [0, 0.05) is 24.9 Å². The van der Waals surface area contributed by atoms with Crippen LogP contribution in [0.3, 0.4) is 0 Å². The molecule has 1 rings (SSSR count). The van der Waals surface area contributed by atoms with Crippen molar-refractivity contribution in [2.45, 2.75) is 51.1 Å². The van der Waals surface area contributed by atoms with Crippen molar-refractivity contribution >= 4 is 15.7 Å². The van der Waals surface area contributed by atoms with Crippen molar-refractivity contribution in [2.24, 2.45) is 0 Å². The molecule has 7 heteroatoms. The molecule has 0 heterocycles. The van der Waals surface area contributed by atoms with Gasteiger partial charge in [0.05, 0.1) is 18.0 Å². The lowest BCUT2D eigenvalue weighted by atomic mass is 10.2. The van der Waals surface area contributed by atoms with E-state index in [0.717, 1.165) is 13.0 Å². The zero-order valence-electron chi connectivity index (χ0n) is 16.7. The Balaban J connectivity index is 2.43. The smallest absolute Gasteiger partial charge is 0.237 e. The fourth-order valence-electron chi connectivity index (χ4n) is 2.88. The summed E-state index contributed by atoms with van der Waals surface area (Å²) in [6.07, 6.45) is 1.92. The molecule has 26 heavy (non-hydrogen) atoms. The number of carbonyl (C=O) groups is 1. The molecule has 0 radical (unpaired) electrons. The van der Waals surface area contributed by atoms with Crippen molar-refractivity contribution < 1.29 is 17.9 Å². The molecule has 1 aromatic carbocycles. The third-order valence-corrected chi connectivity index (χ3v) is 5.10. The van der Waals surface area contributed by atoms with Crippen molar-refractivity contribution in [3.05, 3.63) is 24.3 Å². The lowest BCUT2D eigenvalue weighted by Gasteiger charge is -2.32. The monoisotopic (exact) mass is 384 g/mol. The predicted molar refractivity (Wildman–Crippen MR) is 104 cm³/mol. The van der Waals surface area contributed by atoms with Crippen molar-refractivity contribution in [2.75, 3.05) is 33.0 Å². The van der Waals surface area contributed by atoms with E-state index in [0.29, 0.717) is 18.9 Å². The second-order valence-corrected chi connectivity index (χ2v) is 9.19. The molecular weight excluding hydrogens is 352 g/mol. The van der Waals surface area contributed by atoms with E-state index in [-0.39, 0.29) is 22.9 Å². The molecule has 0 bridgehead atoms. The molecular formula is C19H32N2O4S. The largest absolute Gasteiger partial charge is 0.494 e. The summed E-state index contributed by atoms with van der Waals surface area (Å²) in [4.78, 5) is 16.5. The third-order valence-electron chi connectivity index (χ3n) is 3.99. The fourth-order valence-corrected chi connectivity index (χ4v) is 3.54. The molecule has 0 aliphatic carbocycles. The molecule has 0 N–H and O–H groups in total. The minimum Gasteiger partial charge on any atom is -0.494 e. The molecule has 0 spiro atoms. The van der Waals surface area contributed by atoms with Gasteiger partial charge in [-0.25, -0.2) is 8.42 Å². The summed E-state index contributed by atoms with van der Waals surface area (Å²) < 4.78 is 28.8. The van der Waals surface area contributed by atoms with Gasteiger partial charge in [-0.1, -0.05) is 6.07 Å². The van der Waals surface area contributed by atoms with Gasteiger partial charge < -0.3 is 9.64 Å². The van der Waals surface area contributed by atoms with Crippen LogP contribution in [0.2, 0.25) is 0 Å². The number of hydrogen-bond acceptors (Lipinski definition) is 5. The highest BCUT2D eigenvalue weighted by atomic mass is 32.2. The van der Waals surface area contributed by atoms with Gasteiger partial charge in [-0.05, 0) is 59.4 Å². The molecule has 1 amide bonds. The van der Waals surface area contributed by atoms with Crippen LogP contribution in [-0.4, -0.2) is 69.2 Å². The van der Waals surface area contributed by atoms with Crippen LogP contribution in [0.15, 0.2) is 29.2 Å². The Bertz CT molecular complexity index is 679. The Kier molecular flexibility index (Phi) is 8.56. The number of carbonyl (C=O) groups excluding carboxylic acids is 1. The van der Waals surface area contributed by atoms with E-state index < -0.39 is 9.84 Å². The number of ether oxygens (including phenoxy) is 1. The van der Waals surface area contributed by atoms with Crippen LogP contribution >= 0.6 is 0 Å². The zero-order valence-corrected chi connectivity index (χ0v) is 17.5. The normalized spacial score (nSPS) is 12.0. The van der Waals surface area contributed by atoms with Gasteiger partial charge in [-0.3, -0.25) is 9.69 Å². The summed E-state index contributed by atoms with van der Waals surface area (Å²) in [5.74, 6) is 0.664. The van der Waals surface area contributed by atoms with Crippen molar-refractivity contribution in [3.8, 4) is 5.75 Å². The zero-order chi connectivity index (χ0) is 19.9. The minimum atomic E-state index is -3.24. The molecule has 0 aromatic heterocycles. The number of benzene rings is 1. The summed E-state index contributed by atoms with van der Waals surface area (Å²) in [7, 11) is -1.32. The highest BCUT2D eigenvalue weighted by molar-refractivity contribution is 7.90. The van der Waals surface area contributed by atoms with Crippen LogP contribution in [-0.2, 0) is 14.6 Å². The Hall–Kier alpha value is -1.60. The highest BCUT2D eigenvalue weighted by Crippen LogP contribution is 2.17. The Morgan fingerprint density at radius 2 is 1.77 bits per heavy atom. The van der Waals surface area contributed by atoms with Crippen LogP contribution in [0.4, 0.5) is 0 Å². The molecule has 0 unspecified atom stereocenters. The third kappa shape index (κ3) is 7.33. The lowest BCUT2D eigenvalue weighted by Crippen LogP contribution is -2.46. The number of sulfone groups is 1. The molecule has 0 aliphatic heterocycles. The van der Waals surface area contributed by atoms with Crippen molar-refractivity contribution in [1.29, 1.82) is 0 Å². The second kappa shape index (κ2) is 9.92. The van der Waals surface area contributed by atoms with E-state index in [1.54, 1.807) is 18.2 Å². The SMILES string of the molecule is CC(C)N(C(=O)CN(C)CCCOc1cccc(S(C)(=O)=O)c1)C(C)C. The van der Waals surface area contributed by atoms with E-state index >= 15 is 0 Å². The van der Waals surface area contributed by atoms with E-state index in [2.05, 4.69) is 0 Å². The molecule has 0 aliphatic rings. The number of amides is 1. The number of hydrogen-bond donors (Lipinski definition) is 0. The maximum absolute atomic E-state index is 12.4. The molecule has 0 atom stereocenters. The average Bonchev–Trinajstić information content (AvgIpc) is 2.50. The first-order valence-corrected chi connectivity index (χ1v) is 10.8. The van der Waals surface area contributed by atoms with Gasteiger partial charge in [-0.2, -0.15) is 0 Å². The first-order valence-electron chi connectivity index (χ1n) is 8.95. The molecule has 1 aromatic rings. The second-order valence-electron chi connectivity index (χ2n) is 7.18. The topological polar surface area (TPSA) is 66.9 Å². The Morgan fingerprint density at radius 3 is 2.31 bits per heavy atom. The van der Waals surface area contributed by atoms with Crippen LogP contribution in [0.1, 0.15) is 34.1 Å². The van der Waals surface area contributed by atoms with Crippen molar-refractivity contribution in [3.63, 3.8) is 0 Å². The van der Waals surface area contributed by atoms with Gasteiger partial charge in [0.15, 0.2) is 9.84 Å². The Labute approximate surface area is 158 Å². The Morgan fingerprint density at radius 1 is 1.15 bits per heavy atom. The van der Waals surface area contributed by atoms with Crippen molar-refractivity contribution in [1.82, 2.24) is 9.80 Å². The first kappa shape index (κ1) is 22.4. The average molecular weight is 385 g/mol. The number of nitrogens with zero attached hydrogens (tertiary/aromatic N) is 2. The summed E-state index contributed by atoms with van der Waals surface area (Å²) >= 11 is 0. The first-order chi connectivity index (χ1) is 12.0. The van der Waals surface area contributed by atoms with Gasteiger partial charge in [0.25, 0.3) is 0 Å². The van der Waals surface area contributed by atoms with Gasteiger partial charge in [0.1, 0.15) is 5.75 Å². The maximum Gasteiger partial charge on any atom is 0.237 e. The van der Waals surface area contributed by atoms with Crippen LogP contribution in [0.5, 0.6) is 5.75 Å². The quantitative estimate of drug-likeness (QED) is 0.580. The molecule has 0 saturated heterocycles. The van der Waals surface area contributed by atoms with Crippen LogP contribution < -0.4 is 4.74 Å². The highest BCUT2D eigenvalue weighted by Gasteiger charge is 2.20. The van der Waals surface area contributed by atoms with Crippen LogP contribution in [0, 0.1) is 0 Å². The standard InChI is InChI=1S/C19H32N2O4S/c1-15(2)21(16(3)4)19(22)14-20(5)11-8-12-25-17-9-7-10-18(13-17)26(6,23)24/h7,9-10,13,15-16H,8,11-12,14H2,1-6H3. The predicted octanol–water partition coefficient (Wildman–Crippen LogP) is 2.44.